The molecule has 0 atom stereocenters. The van der Waals surface area contributed by atoms with Gasteiger partial charge in [0.2, 0.25) is 11.6 Å². The third kappa shape index (κ3) is 7.22. The number of carboxylic acid groups (broad SMARTS) is 1. The summed E-state index contributed by atoms with van der Waals surface area (Å²) in [5, 5.41) is 8.89. The number of benzene rings is 2. The van der Waals surface area contributed by atoms with Gasteiger partial charge in [-0.15, -0.1) is 0 Å². The molecule has 0 spiro atoms. The average Bonchev–Trinajstić information content (AvgIpc) is 2.99. The second-order valence-electron chi connectivity index (χ2n) is 9.04. The summed E-state index contributed by atoms with van der Waals surface area (Å²) in [5.41, 5.74) is 2.40. The normalized spacial score (nSPS) is 14.4. The number of hydrogen-bond donors (Lipinski definition) is 1. The van der Waals surface area contributed by atoms with E-state index in [1.54, 1.807) is 12.3 Å². The standard InChI is InChI=1S/C26H30N2O6S.K.H/c1-19(29)27(20-10-6-4-7-11-20)17-15-24-26(2,3)22-18-21(35(32,33)34)13-14-23(22)28(24)16-9-5-8-12-25(30)31;;/h4,6-7,10-11,13-15,17-18H,5,8-9,12,16H2,1-3H3,(H-,30,31,32,33,34);;. The molecule has 0 saturated heterocycles. The Morgan fingerprint density at radius 2 is 1.75 bits per heavy atom. The van der Waals surface area contributed by atoms with Crippen LogP contribution in [-0.2, 0) is 25.1 Å². The molecule has 0 bridgehead atoms. The van der Waals surface area contributed by atoms with Crippen molar-refractivity contribution in [2.45, 2.75) is 56.8 Å². The fourth-order valence-corrected chi connectivity index (χ4v) is 4.88. The van der Waals surface area contributed by atoms with Crippen molar-refractivity contribution in [3.05, 3.63) is 66.4 Å². The molecule has 0 saturated carbocycles. The van der Waals surface area contributed by atoms with Crippen molar-refractivity contribution in [3.8, 4) is 0 Å². The molecule has 0 unspecified atom stereocenters. The molecule has 1 N–H and O–H groups in total. The number of carbonyl (C=O) groups excluding carboxylic acids is 1. The van der Waals surface area contributed by atoms with Crippen LogP contribution in [0, 0.1) is 0 Å². The number of unbranched alkanes of at least 4 members (excludes halogenated alkanes) is 2. The molecular weight excluding hydrogens is 507 g/mol. The van der Waals surface area contributed by atoms with Crippen LogP contribution >= 0.6 is 0 Å². The third-order valence-electron chi connectivity index (χ3n) is 6.18. The number of anilines is 1. The van der Waals surface area contributed by atoms with Gasteiger partial charge in [0, 0.05) is 49.4 Å². The topological polar surface area (TPSA) is 118 Å². The van der Waals surface area contributed by atoms with Crippen molar-refractivity contribution in [1.29, 1.82) is 0 Å². The van der Waals surface area contributed by atoms with Crippen molar-refractivity contribution in [2.75, 3.05) is 11.4 Å². The van der Waals surface area contributed by atoms with Crippen LogP contribution in [0.3, 0.4) is 0 Å². The van der Waals surface area contributed by atoms with Crippen molar-refractivity contribution < 1.29 is 32.2 Å². The van der Waals surface area contributed by atoms with Crippen LogP contribution in [0.1, 0.15) is 52.0 Å². The first kappa shape index (κ1) is 30.6. The van der Waals surface area contributed by atoms with Gasteiger partial charge in [-0.3, -0.25) is 14.5 Å². The molecule has 0 aromatic heterocycles. The van der Waals surface area contributed by atoms with E-state index in [-0.39, 0.29) is 68.6 Å². The number of amides is 1. The van der Waals surface area contributed by atoms with E-state index in [0.717, 1.165) is 17.8 Å². The van der Waals surface area contributed by atoms with Crippen LogP contribution in [0.5, 0.6) is 0 Å². The minimum atomic E-state index is -4.62. The summed E-state index contributed by atoms with van der Waals surface area (Å²) in [4.78, 5) is 24.4. The Balaban J connectivity index is 0.00000456. The summed E-state index contributed by atoms with van der Waals surface area (Å²) in [6.07, 6.45) is 5.64. The molecule has 1 aliphatic heterocycles. The van der Waals surface area contributed by atoms with Gasteiger partial charge >= 0.3 is 57.4 Å². The Morgan fingerprint density at radius 1 is 1.08 bits per heavy atom. The average molecular weight is 539 g/mol. The second-order valence-corrected chi connectivity index (χ2v) is 10.4. The summed E-state index contributed by atoms with van der Waals surface area (Å²) in [5.74, 6) is -0.995. The van der Waals surface area contributed by atoms with E-state index in [9.17, 15) is 22.6 Å². The van der Waals surface area contributed by atoms with Gasteiger partial charge in [-0.25, -0.2) is 8.42 Å². The van der Waals surface area contributed by atoms with Gasteiger partial charge in [-0.2, -0.15) is 4.58 Å². The first-order valence-electron chi connectivity index (χ1n) is 11.4. The van der Waals surface area contributed by atoms with E-state index in [2.05, 4.69) is 4.58 Å². The maximum absolute atomic E-state index is 12.4. The van der Waals surface area contributed by atoms with Crippen molar-refractivity contribution in [1.82, 2.24) is 0 Å². The molecule has 0 radical (unpaired) electrons. The summed E-state index contributed by atoms with van der Waals surface area (Å²) >= 11 is 0. The Labute approximate surface area is 254 Å². The first-order chi connectivity index (χ1) is 16.4. The van der Waals surface area contributed by atoms with E-state index in [4.69, 9.17) is 5.11 Å². The monoisotopic (exact) mass is 538 g/mol. The van der Waals surface area contributed by atoms with E-state index in [1.165, 1.54) is 24.0 Å². The number of fused-ring (bicyclic) bond motifs is 1. The van der Waals surface area contributed by atoms with Gasteiger partial charge in [0.15, 0.2) is 5.71 Å². The molecule has 8 nitrogen and oxygen atoms in total. The summed E-state index contributed by atoms with van der Waals surface area (Å²) in [6, 6.07) is 13.6. The van der Waals surface area contributed by atoms with Gasteiger partial charge < -0.3 is 9.66 Å². The Hall–Kier alpha value is -1.66. The number of carboxylic acids is 1. The predicted molar refractivity (Wildman–Crippen MR) is 139 cm³/mol. The van der Waals surface area contributed by atoms with Crippen molar-refractivity contribution >= 4 is 90.5 Å². The number of nitrogens with zero attached hydrogens (tertiary/aromatic N) is 2. The molecule has 0 fully saturated rings. The van der Waals surface area contributed by atoms with Gasteiger partial charge in [-0.05, 0) is 51.0 Å². The number of allylic oxidation sites excluding steroid dienone is 1. The van der Waals surface area contributed by atoms with Crippen molar-refractivity contribution in [3.63, 3.8) is 0 Å². The van der Waals surface area contributed by atoms with Gasteiger partial charge in [0.1, 0.15) is 16.7 Å². The van der Waals surface area contributed by atoms with E-state index < -0.39 is 21.5 Å². The molecule has 2 aromatic rings. The van der Waals surface area contributed by atoms with Crippen molar-refractivity contribution in [2.24, 2.45) is 0 Å². The molecule has 188 valence electrons. The first-order valence-corrected chi connectivity index (χ1v) is 12.8. The number of hydrogen-bond acceptors (Lipinski definition) is 5. The third-order valence-corrected chi connectivity index (χ3v) is 7.01. The fourth-order valence-electron chi connectivity index (χ4n) is 4.38. The quantitative estimate of drug-likeness (QED) is 0.214. The molecular formula is C26H31KN2O6S. The van der Waals surface area contributed by atoms with E-state index >= 15 is 0 Å². The zero-order chi connectivity index (χ0) is 25.8. The van der Waals surface area contributed by atoms with Crippen LogP contribution in [0.2, 0.25) is 0 Å². The SMILES string of the molecule is CC(=O)N(/C=C/C1=[N+](CCCCCC(=O)O)c2ccc(S(=O)(=O)[O-])cc2C1(C)C)c1ccccc1.[KH]. The zero-order valence-electron chi connectivity index (χ0n) is 20.1. The summed E-state index contributed by atoms with van der Waals surface area (Å²) in [7, 11) is -4.62. The predicted octanol–water partition coefficient (Wildman–Crippen LogP) is 3.53. The Bertz CT molecular complexity index is 1290. The Morgan fingerprint density at radius 3 is 2.33 bits per heavy atom. The maximum atomic E-state index is 12.4. The molecule has 1 amide bonds. The summed E-state index contributed by atoms with van der Waals surface area (Å²) in [6.45, 7) is 5.93. The molecule has 36 heavy (non-hydrogen) atoms. The van der Waals surface area contributed by atoms with Gasteiger partial charge in [0.05, 0.1) is 10.3 Å². The molecule has 1 aliphatic rings. The summed E-state index contributed by atoms with van der Waals surface area (Å²) < 4.78 is 37.1. The molecule has 2 aromatic carbocycles. The van der Waals surface area contributed by atoms with Gasteiger partial charge in [0.25, 0.3) is 0 Å². The Kier molecular flexibility index (Phi) is 10.8. The van der Waals surface area contributed by atoms with E-state index in [0.29, 0.717) is 30.6 Å². The van der Waals surface area contributed by atoms with Crippen LogP contribution in [-0.4, -0.2) is 98.2 Å². The molecule has 3 rings (SSSR count). The minimum absolute atomic E-state index is 0. The van der Waals surface area contributed by atoms with E-state index in [1.807, 2.05) is 50.3 Å². The fraction of sp³-hybridized carbons (Fsp3) is 0.346. The number of aliphatic carboxylic acids is 1. The number of carbonyl (C=O) groups is 2. The number of rotatable bonds is 10. The van der Waals surface area contributed by atoms with Crippen LogP contribution < -0.4 is 4.90 Å². The van der Waals surface area contributed by atoms with Crippen LogP contribution in [0.25, 0.3) is 0 Å². The van der Waals surface area contributed by atoms with Crippen LogP contribution in [0.4, 0.5) is 11.4 Å². The van der Waals surface area contributed by atoms with Crippen LogP contribution in [0.15, 0.2) is 65.7 Å². The van der Waals surface area contributed by atoms with Gasteiger partial charge in [-0.1, -0.05) is 18.2 Å². The molecule has 0 aliphatic carbocycles. The zero-order valence-corrected chi connectivity index (χ0v) is 20.9. The molecule has 10 heteroatoms. The number of para-hydroxylation sites is 1. The molecule has 1 heterocycles. The second kappa shape index (κ2) is 12.7.